The van der Waals surface area contributed by atoms with Gasteiger partial charge in [0.1, 0.15) is 97.7 Å². The number of hydrogen-bond donors (Lipinski definition) is 15. The standard InChI is InChI=1S/C54H94O23/c1-23(2)10-9-14-54(8,77-48-44(69)40(65)37(62)29(74-48)22-70-46-42(67)38(63)34(59)26(19-55)71-46)24-11-16-53(7)33(24)25(58)18-31-51(5)15-13-32(50(3,4)30(51)12-17-52(31,53)6)75-49-45(41(66)36(61)28(21-57)73-49)76-47-43(68)39(64)35(60)27(20-56)72-47/h23-49,55-69H,9-22H2,1-8H3/t24-,25+,26+,27+,28+,29+,30?,31?,32-,33?,34+,35+,36+,37+,38-,39-,40-,41-,42+,43+,44+,45+,46+,47-,48+,49-,51-,52+,53+,54?/m0/s1. The molecule has 0 aromatic heterocycles. The minimum Gasteiger partial charge on any atom is -0.394 e. The Morgan fingerprint density at radius 2 is 1.04 bits per heavy atom. The monoisotopic (exact) mass is 1110 g/mol. The van der Waals surface area contributed by atoms with E-state index in [0.29, 0.717) is 38.0 Å². The number of hydrogen-bond acceptors (Lipinski definition) is 23. The molecule has 0 spiro atoms. The molecule has 4 unspecified atom stereocenters. The van der Waals surface area contributed by atoms with Crippen molar-refractivity contribution in [3.63, 3.8) is 0 Å². The van der Waals surface area contributed by atoms with Gasteiger partial charge < -0.3 is 114 Å². The molecule has 30 atom stereocenters. The van der Waals surface area contributed by atoms with Crippen molar-refractivity contribution in [2.24, 2.45) is 51.2 Å². The van der Waals surface area contributed by atoms with Gasteiger partial charge in [-0.25, -0.2) is 0 Å². The van der Waals surface area contributed by atoms with Crippen LogP contribution in [-0.4, -0.2) is 244 Å². The van der Waals surface area contributed by atoms with E-state index in [1.165, 1.54) is 0 Å². The van der Waals surface area contributed by atoms with E-state index in [4.69, 9.17) is 37.9 Å². The summed E-state index contributed by atoms with van der Waals surface area (Å²) in [4.78, 5) is 0. The van der Waals surface area contributed by atoms with Crippen LogP contribution in [0.15, 0.2) is 0 Å². The van der Waals surface area contributed by atoms with Gasteiger partial charge in [0.25, 0.3) is 0 Å². The molecule has 0 radical (unpaired) electrons. The van der Waals surface area contributed by atoms with Gasteiger partial charge in [-0.3, -0.25) is 0 Å². The van der Waals surface area contributed by atoms with Gasteiger partial charge in [-0.05, 0) is 110 Å². The minimum atomic E-state index is -1.82. The summed E-state index contributed by atoms with van der Waals surface area (Å²) in [6, 6.07) is 0. The zero-order chi connectivity index (χ0) is 56.6. The van der Waals surface area contributed by atoms with Crippen LogP contribution in [0, 0.1) is 51.2 Å². The molecule has 0 amide bonds. The Kier molecular flexibility index (Phi) is 19.1. The zero-order valence-corrected chi connectivity index (χ0v) is 46.0. The fraction of sp³-hybridized carbons (Fsp3) is 1.00. The third kappa shape index (κ3) is 11.0. The van der Waals surface area contributed by atoms with Crippen molar-refractivity contribution in [3.8, 4) is 0 Å². The highest BCUT2D eigenvalue weighted by Gasteiger charge is 2.72. The summed E-state index contributed by atoms with van der Waals surface area (Å²) in [5.74, 6) is -0.0435. The SMILES string of the molecule is CC(C)CCCC(C)(O[C@H]1O[C@H](CO[C@@H]2O[C@H](CO)[C@@H](O)[C@H](O)[C@H]2O)[C@@H](O)[C@H](O)[C@H]1O)[C@H]1CC[C@]2(C)C1[C@H](O)CC1[C@@]3(C)CC[C@H](O[C@@H]4O[C@H](CO)[C@@H](O)[C@H](O)[C@H]4O[C@@H]4O[C@H](CO)[C@@H](O)[C@H](O)[C@H]4O)C(C)(C)C3CC[C@]12C. The van der Waals surface area contributed by atoms with Crippen LogP contribution < -0.4 is 0 Å². The van der Waals surface area contributed by atoms with E-state index in [2.05, 4.69) is 48.5 Å². The molecule has 4 heterocycles. The molecule has 8 fully saturated rings. The highest BCUT2D eigenvalue weighted by atomic mass is 16.8. The fourth-order valence-corrected chi connectivity index (χ4v) is 16.5. The molecular formula is C54H94O23. The van der Waals surface area contributed by atoms with Gasteiger partial charge in [-0.15, -0.1) is 0 Å². The van der Waals surface area contributed by atoms with Crippen molar-refractivity contribution in [2.45, 2.75) is 260 Å². The maximum Gasteiger partial charge on any atom is 0.187 e. The van der Waals surface area contributed by atoms with Crippen LogP contribution >= 0.6 is 0 Å². The lowest BCUT2D eigenvalue weighted by Crippen LogP contribution is -2.68. The van der Waals surface area contributed by atoms with Gasteiger partial charge >= 0.3 is 0 Å². The molecule has 4 aliphatic heterocycles. The van der Waals surface area contributed by atoms with Gasteiger partial charge in [0.15, 0.2) is 25.2 Å². The van der Waals surface area contributed by atoms with E-state index in [1.54, 1.807) is 0 Å². The van der Waals surface area contributed by atoms with Gasteiger partial charge in [-0.1, -0.05) is 61.3 Å². The summed E-state index contributed by atoms with van der Waals surface area (Å²) in [5, 5.41) is 162. The number of ether oxygens (including phenoxy) is 8. The molecule has 448 valence electrons. The third-order valence-corrected chi connectivity index (χ3v) is 21.2. The molecule has 77 heavy (non-hydrogen) atoms. The Morgan fingerprint density at radius 3 is 1.62 bits per heavy atom. The summed E-state index contributed by atoms with van der Waals surface area (Å²) in [5.41, 5.74) is -2.59. The molecule has 0 aromatic carbocycles. The second-order valence-electron chi connectivity index (χ2n) is 26.2. The molecule has 4 saturated heterocycles. The fourth-order valence-electron chi connectivity index (χ4n) is 16.5. The van der Waals surface area contributed by atoms with Crippen LogP contribution in [0.5, 0.6) is 0 Å². The van der Waals surface area contributed by atoms with Crippen LogP contribution in [0.4, 0.5) is 0 Å². The van der Waals surface area contributed by atoms with Crippen molar-refractivity contribution in [2.75, 3.05) is 26.4 Å². The third-order valence-electron chi connectivity index (χ3n) is 21.2. The first-order valence-corrected chi connectivity index (χ1v) is 28.3. The number of fused-ring (bicyclic) bond motifs is 5. The van der Waals surface area contributed by atoms with Crippen molar-refractivity contribution < 1.29 is 114 Å². The normalized spacial score (nSPS) is 52.8. The molecule has 23 nitrogen and oxygen atoms in total. The molecule has 4 saturated carbocycles. The minimum absolute atomic E-state index is 0.0444. The van der Waals surface area contributed by atoms with Crippen LogP contribution in [0.2, 0.25) is 0 Å². The first kappa shape index (κ1) is 62.1. The zero-order valence-electron chi connectivity index (χ0n) is 46.0. The smallest absolute Gasteiger partial charge is 0.187 e. The Morgan fingerprint density at radius 1 is 0.532 bits per heavy atom. The molecule has 0 bridgehead atoms. The highest BCUT2D eigenvalue weighted by Crippen LogP contribution is 2.76. The first-order valence-electron chi connectivity index (χ1n) is 28.3. The highest BCUT2D eigenvalue weighted by molar-refractivity contribution is 5.20. The topological polar surface area (TPSA) is 377 Å². The molecule has 4 aliphatic carbocycles. The number of aliphatic hydroxyl groups is 15. The Balaban J connectivity index is 1.01. The summed E-state index contributed by atoms with van der Waals surface area (Å²) in [7, 11) is 0. The maximum atomic E-state index is 12.9. The van der Waals surface area contributed by atoms with E-state index in [1.807, 2.05) is 6.92 Å². The van der Waals surface area contributed by atoms with Crippen molar-refractivity contribution >= 4 is 0 Å². The number of aliphatic hydroxyl groups excluding tert-OH is 15. The summed E-state index contributed by atoms with van der Waals surface area (Å²) in [6.45, 7) is 14.9. The second-order valence-corrected chi connectivity index (χ2v) is 26.2. The second kappa shape index (κ2) is 23.6. The van der Waals surface area contributed by atoms with E-state index in [0.717, 1.165) is 32.1 Å². The van der Waals surface area contributed by atoms with Gasteiger partial charge in [0, 0.05) is 0 Å². The predicted octanol–water partition coefficient (Wildman–Crippen LogP) is -2.12. The Bertz CT molecular complexity index is 1930. The largest absolute Gasteiger partial charge is 0.394 e. The number of rotatable bonds is 17. The molecule has 8 aliphatic rings. The predicted molar refractivity (Wildman–Crippen MR) is 266 cm³/mol. The molecule has 0 aromatic rings. The average molecular weight is 1110 g/mol. The molecular weight excluding hydrogens is 1020 g/mol. The van der Waals surface area contributed by atoms with Crippen molar-refractivity contribution in [1.82, 2.24) is 0 Å². The van der Waals surface area contributed by atoms with E-state index in [9.17, 15) is 76.6 Å². The van der Waals surface area contributed by atoms with Gasteiger partial charge in [-0.2, -0.15) is 0 Å². The summed E-state index contributed by atoms with van der Waals surface area (Å²) >= 11 is 0. The Labute approximate surface area is 451 Å². The van der Waals surface area contributed by atoms with Crippen molar-refractivity contribution in [3.05, 3.63) is 0 Å². The molecule has 15 N–H and O–H groups in total. The molecule has 8 rings (SSSR count). The van der Waals surface area contributed by atoms with E-state index < -0.39 is 178 Å². The lowest BCUT2D eigenvalue weighted by Gasteiger charge is -2.71. The van der Waals surface area contributed by atoms with Gasteiger partial charge in [0.2, 0.25) is 0 Å². The lowest BCUT2D eigenvalue weighted by molar-refractivity contribution is -0.378. The molecule has 23 heteroatoms. The summed E-state index contributed by atoms with van der Waals surface area (Å²) in [6.07, 6.45) is -25.9. The average Bonchev–Trinajstić information content (AvgIpc) is 3.96. The Hall–Kier alpha value is -0.920. The van der Waals surface area contributed by atoms with Crippen LogP contribution in [0.1, 0.15) is 120 Å². The maximum absolute atomic E-state index is 12.9. The first-order chi connectivity index (χ1) is 36.0. The van der Waals surface area contributed by atoms with E-state index >= 15 is 0 Å². The van der Waals surface area contributed by atoms with Crippen LogP contribution in [-0.2, 0) is 37.9 Å². The lowest BCUT2D eigenvalue weighted by atomic mass is 9.35. The quantitative estimate of drug-likeness (QED) is 0.0692. The van der Waals surface area contributed by atoms with Crippen molar-refractivity contribution in [1.29, 1.82) is 0 Å². The van der Waals surface area contributed by atoms with E-state index in [-0.39, 0.29) is 34.5 Å². The van der Waals surface area contributed by atoms with Crippen LogP contribution in [0.3, 0.4) is 0 Å². The van der Waals surface area contributed by atoms with Crippen LogP contribution in [0.25, 0.3) is 0 Å². The van der Waals surface area contributed by atoms with Gasteiger partial charge in [0.05, 0.1) is 44.2 Å². The summed E-state index contributed by atoms with van der Waals surface area (Å²) < 4.78 is 49.0.